The molecule has 0 aromatic heterocycles. The van der Waals surface area contributed by atoms with Gasteiger partial charge in [0.25, 0.3) is 0 Å². The van der Waals surface area contributed by atoms with Gasteiger partial charge in [-0.1, -0.05) is 6.07 Å². The zero-order valence-corrected chi connectivity index (χ0v) is 14.2. The van der Waals surface area contributed by atoms with Crippen molar-refractivity contribution in [3.63, 3.8) is 0 Å². The molecule has 0 saturated heterocycles. The summed E-state index contributed by atoms with van der Waals surface area (Å²) in [5, 5.41) is 0. The summed E-state index contributed by atoms with van der Waals surface area (Å²) in [6.45, 7) is 0. The maximum atomic E-state index is 12.4. The van der Waals surface area contributed by atoms with E-state index < -0.39 is 0 Å². The molecular weight excluding hydrogens is 324 g/mol. The molecule has 6 heteroatoms. The van der Waals surface area contributed by atoms with Gasteiger partial charge in [0.2, 0.25) is 0 Å². The average molecular weight is 342 g/mol. The van der Waals surface area contributed by atoms with E-state index in [1.165, 1.54) is 45.6 Å². The number of hydrogen-bond acceptors (Lipinski definition) is 6. The molecule has 0 heterocycles. The van der Waals surface area contributed by atoms with Crippen molar-refractivity contribution in [2.75, 3.05) is 21.3 Å². The number of ether oxygens (including phenoxy) is 3. The van der Waals surface area contributed by atoms with Crippen LogP contribution in [0.4, 0.5) is 0 Å². The summed E-state index contributed by atoms with van der Waals surface area (Å²) in [5.74, 6) is 0.497. The first kappa shape index (κ1) is 18.2. The molecule has 0 aliphatic rings. The minimum atomic E-state index is -0.365. The molecule has 0 fully saturated rings. The van der Waals surface area contributed by atoms with Gasteiger partial charge in [-0.2, -0.15) is 0 Å². The molecule has 0 spiro atoms. The van der Waals surface area contributed by atoms with Gasteiger partial charge in [0.05, 0.1) is 33.3 Å². The van der Waals surface area contributed by atoms with Crippen LogP contribution in [-0.2, 0) is 0 Å². The Morgan fingerprint density at radius 1 is 0.800 bits per heavy atom. The Labute approximate surface area is 145 Å². The van der Waals surface area contributed by atoms with Crippen molar-refractivity contribution in [3.05, 3.63) is 53.1 Å². The summed E-state index contributed by atoms with van der Waals surface area (Å²) in [4.78, 5) is 35.6. The van der Waals surface area contributed by atoms with Crippen molar-refractivity contribution in [2.45, 2.75) is 6.42 Å². The van der Waals surface area contributed by atoms with Crippen LogP contribution in [0.3, 0.4) is 0 Å². The first-order chi connectivity index (χ1) is 12.0. The van der Waals surface area contributed by atoms with Crippen molar-refractivity contribution in [1.29, 1.82) is 0 Å². The summed E-state index contributed by atoms with van der Waals surface area (Å²) in [6.07, 6.45) is 0.334. The second-order valence-electron chi connectivity index (χ2n) is 5.17. The summed E-state index contributed by atoms with van der Waals surface area (Å²) < 4.78 is 15.4. The first-order valence-corrected chi connectivity index (χ1v) is 7.45. The number of Topliss-reactive ketones (excluding diaryl/α,β-unsaturated/α-hetero) is 2. The topological polar surface area (TPSA) is 78.9 Å². The van der Waals surface area contributed by atoms with E-state index in [2.05, 4.69) is 0 Å². The number of hydrogen-bond donors (Lipinski definition) is 0. The van der Waals surface area contributed by atoms with Gasteiger partial charge < -0.3 is 14.2 Å². The van der Waals surface area contributed by atoms with Crippen LogP contribution < -0.4 is 14.2 Å². The smallest absolute Gasteiger partial charge is 0.170 e. The fourth-order valence-electron chi connectivity index (χ4n) is 2.34. The lowest BCUT2D eigenvalue weighted by Crippen LogP contribution is -2.09. The van der Waals surface area contributed by atoms with Gasteiger partial charge in [-0.25, -0.2) is 0 Å². The van der Waals surface area contributed by atoms with Gasteiger partial charge in [-0.15, -0.1) is 0 Å². The van der Waals surface area contributed by atoms with Gasteiger partial charge in [0.1, 0.15) is 5.75 Å². The van der Waals surface area contributed by atoms with E-state index in [4.69, 9.17) is 14.2 Å². The van der Waals surface area contributed by atoms with Crippen LogP contribution in [0.1, 0.15) is 37.5 Å². The number of aldehydes is 1. The van der Waals surface area contributed by atoms with Gasteiger partial charge in [0.15, 0.2) is 29.4 Å². The van der Waals surface area contributed by atoms with Gasteiger partial charge >= 0.3 is 0 Å². The molecule has 0 atom stereocenters. The predicted octanol–water partition coefficient (Wildman–Crippen LogP) is 2.98. The fourth-order valence-corrected chi connectivity index (χ4v) is 2.34. The quantitative estimate of drug-likeness (QED) is 0.417. The molecular formula is C19H18O6. The molecule has 130 valence electrons. The molecule has 0 saturated carbocycles. The third-order valence-electron chi connectivity index (χ3n) is 3.71. The van der Waals surface area contributed by atoms with Crippen LogP contribution in [0.5, 0.6) is 17.2 Å². The molecule has 0 amide bonds. The number of carbonyl (C=O) groups is 3. The lowest BCUT2D eigenvalue weighted by atomic mass is 10.00. The van der Waals surface area contributed by atoms with Crippen LogP contribution in [0, 0.1) is 0 Å². The second kappa shape index (κ2) is 8.10. The average Bonchev–Trinajstić information content (AvgIpc) is 2.66. The lowest BCUT2D eigenvalue weighted by Gasteiger charge is -2.09. The number of benzene rings is 2. The highest BCUT2D eigenvalue weighted by molar-refractivity contribution is 6.14. The molecule has 0 bridgehead atoms. The lowest BCUT2D eigenvalue weighted by molar-refractivity contribution is 0.0893. The largest absolute Gasteiger partial charge is 0.496 e. The van der Waals surface area contributed by atoms with Crippen LogP contribution in [0.15, 0.2) is 36.4 Å². The van der Waals surface area contributed by atoms with E-state index in [0.29, 0.717) is 40.2 Å². The van der Waals surface area contributed by atoms with Crippen LogP contribution >= 0.6 is 0 Å². The Bertz CT molecular complexity index is 810. The Hall–Kier alpha value is -3.15. The number of rotatable bonds is 8. The molecule has 0 aliphatic heterocycles. The van der Waals surface area contributed by atoms with Crippen molar-refractivity contribution in [2.24, 2.45) is 0 Å². The molecule has 0 unspecified atom stereocenters. The maximum Gasteiger partial charge on any atom is 0.170 e. The minimum Gasteiger partial charge on any atom is -0.496 e. The van der Waals surface area contributed by atoms with Crippen LogP contribution in [-0.4, -0.2) is 39.2 Å². The molecule has 25 heavy (non-hydrogen) atoms. The summed E-state index contributed by atoms with van der Waals surface area (Å²) >= 11 is 0. The summed E-state index contributed by atoms with van der Waals surface area (Å²) in [7, 11) is 4.38. The maximum absolute atomic E-state index is 12.4. The van der Waals surface area contributed by atoms with E-state index in [1.807, 2.05) is 0 Å². The van der Waals surface area contributed by atoms with Gasteiger partial charge in [0, 0.05) is 11.1 Å². The zero-order chi connectivity index (χ0) is 18.4. The summed E-state index contributed by atoms with van der Waals surface area (Å²) in [5.41, 5.74) is 0.990. The van der Waals surface area contributed by atoms with E-state index in [0.717, 1.165) is 0 Å². The number of carbonyl (C=O) groups excluding carboxylic acids is 3. The fraction of sp³-hybridized carbons (Fsp3) is 0.211. The molecule has 0 radical (unpaired) electrons. The molecule has 2 aromatic rings. The molecule has 0 aliphatic carbocycles. The Morgan fingerprint density at radius 2 is 1.32 bits per heavy atom. The number of ketones is 2. The van der Waals surface area contributed by atoms with E-state index in [9.17, 15) is 14.4 Å². The van der Waals surface area contributed by atoms with E-state index in [-0.39, 0.29) is 18.0 Å². The van der Waals surface area contributed by atoms with Crippen molar-refractivity contribution >= 4 is 17.9 Å². The van der Waals surface area contributed by atoms with E-state index >= 15 is 0 Å². The zero-order valence-electron chi connectivity index (χ0n) is 14.2. The molecule has 0 N–H and O–H groups in total. The minimum absolute atomic E-state index is 0.291. The Kier molecular flexibility index (Phi) is 5.89. The second-order valence-corrected chi connectivity index (χ2v) is 5.17. The third-order valence-corrected chi connectivity index (χ3v) is 3.71. The van der Waals surface area contributed by atoms with Gasteiger partial charge in [-0.3, -0.25) is 14.4 Å². The Balaban J connectivity index is 2.20. The van der Waals surface area contributed by atoms with Crippen LogP contribution in [0.25, 0.3) is 0 Å². The Morgan fingerprint density at radius 3 is 1.84 bits per heavy atom. The SMILES string of the molecule is COc1cc(C(=O)CC(=O)c2ccc(OC)c(OC)c2)ccc1C=O. The molecule has 6 nitrogen and oxygen atoms in total. The molecule has 2 rings (SSSR count). The predicted molar refractivity (Wildman–Crippen MR) is 91.2 cm³/mol. The standard InChI is InChI=1S/C19H18O6/c1-23-17-7-6-13(9-19(17)25-3)16(22)10-15(21)12-4-5-14(11-20)18(8-12)24-2/h4-9,11H,10H2,1-3H3. The molecule has 2 aromatic carbocycles. The summed E-state index contributed by atoms with van der Waals surface area (Å²) in [6, 6.07) is 9.15. The van der Waals surface area contributed by atoms with Gasteiger partial charge in [-0.05, 0) is 30.3 Å². The number of methoxy groups -OCH3 is 3. The van der Waals surface area contributed by atoms with Crippen LogP contribution in [0.2, 0.25) is 0 Å². The normalized spacial score (nSPS) is 10.0. The highest BCUT2D eigenvalue weighted by atomic mass is 16.5. The van der Waals surface area contributed by atoms with Crippen molar-refractivity contribution in [3.8, 4) is 17.2 Å². The van der Waals surface area contributed by atoms with Crippen molar-refractivity contribution < 1.29 is 28.6 Å². The van der Waals surface area contributed by atoms with Crippen molar-refractivity contribution in [1.82, 2.24) is 0 Å². The van der Waals surface area contributed by atoms with E-state index in [1.54, 1.807) is 12.1 Å². The first-order valence-electron chi connectivity index (χ1n) is 7.45. The highest BCUT2D eigenvalue weighted by Crippen LogP contribution is 2.28. The highest BCUT2D eigenvalue weighted by Gasteiger charge is 2.17. The monoisotopic (exact) mass is 342 g/mol. The third kappa shape index (κ3) is 4.03.